The first-order valence-electron chi connectivity index (χ1n) is 13.1. The van der Waals surface area contributed by atoms with E-state index in [0.29, 0.717) is 18.0 Å². The number of nitrogens with zero attached hydrogens (tertiary/aromatic N) is 2. The highest BCUT2D eigenvalue weighted by atomic mass is 32.2. The Kier molecular flexibility index (Phi) is 11.1. The van der Waals surface area contributed by atoms with Crippen LogP contribution in [0.4, 0.5) is 10.1 Å². The first-order chi connectivity index (χ1) is 19.1. The number of sulfonamides is 1. The zero-order valence-corrected chi connectivity index (χ0v) is 23.9. The summed E-state index contributed by atoms with van der Waals surface area (Å²) in [5, 5.41) is 2.80. The minimum absolute atomic E-state index is 0.0375. The number of hydrogen-bond acceptors (Lipinski definition) is 5. The van der Waals surface area contributed by atoms with Crippen molar-refractivity contribution in [2.24, 2.45) is 0 Å². The smallest absolute Gasteiger partial charge is 0.243 e. The predicted octanol–water partition coefficient (Wildman–Crippen LogP) is 4.16. The van der Waals surface area contributed by atoms with E-state index >= 15 is 0 Å². The molecule has 8 nitrogen and oxygen atoms in total. The molecule has 3 aromatic carbocycles. The average molecular weight is 570 g/mol. The Hall–Kier alpha value is -3.92. The molecule has 0 saturated heterocycles. The van der Waals surface area contributed by atoms with Crippen LogP contribution < -0.4 is 14.4 Å². The number of carbonyl (C=O) groups is 2. The van der Waals surface area contributed by atoms with E-state index in [2.05, 4.69) is 5.32 Å². The van der Waals surface area contributed by atoms with Crippen molar-refractivity contribution < 1.29 is 27.1 Å². The van der Waals surface area contributed by atoms with Crippen LogP contribution in [0.25, 0.3) is 0 Å². The summed E-state index contributed by atoms with van der Waals surface area (Å²) >= 11 is 0. The van der Waals surface area contributed by atoms with E-state index in [1.54, 1.807) is 49.4 Å². The van der Waals surface area contributed by atoms with Gasteiger partial charge in [-0.05, 0) is 37.1 Å². The molecular formula is C30H36FN3O5S. The number of likely N-dealkylation sites (N-methyl/N-ethyl adjacent to an activating group) is 1. The molecule has 0 fully saturated rings. The van der Waals surface area contributed by atoms with Gasteiger partial charge in [0.05, 0.1) is 19.1 Å². The second kappa shape index (κ2) is 14.5. The summed E-state index contributed by atoms with van der Waals surface area (Å²) in [4.78, 5) is 28.3. The molecule has 0 spiro atoms. The van der Waals surface area contributed by atoms with Gasteiger partial charge in [0.2, 0.25) is 21.8 Å². The van der Waals surface area contributed by atoms with Crippen LogP contribution in [0.15, 0.2) is 78.9 Å². The van der Waals surface area contributed by atoms with Crippen molar-refractivity contribution in [3.8, 4) is 5.75 Å². The molecule has 40 heavy (non-hydrogen) atoms. The standard InChI is InChI=1S/C30H36FN3O5S/c1-4-32-30(36)28(20-23-12-6-5-7-13-23)33(22-24-14-8-9-17-27(24)31)29(35)18-11-19-34(40(3,37)38)25-15-10-16-26(21-25)39-2/h5-10,12-17,21,28H,4,11,18-20,22H2,1-3H3,(H,32,36)/t28-/m1/s1. The molecule has 0 heterocycles. The number of amides is 2. The van der Waals surface area contributed by atoms with Gasteiger partial charge in [-0.1, -0.05) is 54.6 Å². The highest BCUT2D eigenvalue weighted by Crippen LogP contribution is 2.24. The zero-order chi connectivity index (χ0) is 29.1. The number of carbonyl (C=O) groups excluding carboxylic acids is 2. The van der Waals surface area contributed by atoms with Crippen molar-refractivity contribution in [1.82, 2.24) is 10.2 Å². The molecule has 0 aliphatic carbocycles. The van der Waals surface area contributed by atoms with Crippen molar-refractivity contribution in [3.05, 3.63) is 95.8 Å². The maximum absolute atomic E-state index is 14.7. The van der Waals surface area contributed by atoms with Crippen LogP contribution in [-0.2, 0) is 32.6 Å². The van der Waals surface area contributed by atoms with Gasteiger partial charge < -0.3 is 15.0 Å². The van der Waals surface area contributed by atoms with Crippen molar-refractivity contribution in [3.63, 3.8) is 0 Å². The lowest BCUT2D eigenvalue weighted by Crippen LogP contribution is -2.50. The molecule has 2 amide bonds. The van der Waals surface area contributed by atoms with Crippen LogP contribution in [0.5, 0.6) is 5.75 Å². The van der Waals surface area contributed by atoms with Crippen LogP contribution in [0, 0.1) is 5.82 Å². The quantitative estimate of drug-likeness (QED) is 0.315. The fourth-order valence-electron chi connectivity index (χ4n) is 4.43. The Morgan fingerprint density at radius 3 is 2.35 bits per heavy atom. The third-order valence-electron chi connectivity index (χ3n) is 6.41. The molecule has 1 atom stereocenters. The summed E-state index contributed by atoms with van der Waals surface area (Å²) in [7, 11) is -2.16. The first-order valence-corrected chi connectivity index (χ1v) is 14.9. The minimum atomic E-state index is -3.65. The second-order valence-corrected chi connectivity index (χ2v) is 11.3. The summed E-state index contributed by atoms with van der Waals surface area (Å²) in [5.41, 5.74) is 1.56. The van der Waals surface area contributed by atoms with E-state index in [-0.39, 0.29) is 49.7 Å². The number of anilines is 1. The lowest BCUT2D eigenvalue weighted by molar-refractivity contribution is -0.141. The van der Waals surface area contributed by atoms with Gasteiger partial charge in [0.15, 0.2) is 0 Å². The average Bonchev–Trinajstić information content (AvgIpc) is 2.93. The van der Waals surface area contributed by atoms with Crippen LogP contribution in [0.2, 0.25) is 0 Å². The van der Waals surface area contributed by atoms with Crippen molar-refractivity contribution in [2.75, 3.05) is 30.8 Å². The van der Waals surface area contributed by atoms with E-state index in [4.69, 9.17) is 4.74 Å². The first kappa shape index (κ1) is 30.6. The Morgan fingerprint density at radius 1 is 1.00 bits per heavy atom. The number of benzene rings is 3. The van der Waals surface area contributed by atoms with Crippen LogP contribution in [0.3, 0.4) is 0 Å². The minimum Gasteiger partial charge on any atom is -0.497 e. The maximum Gasteiger partial charge on any atom is 0.243 e. The molecule has 0 unspecified atom stereocenters. The zero-order valence-electron chi connectivity index (χ0n) is 23.0. The Balaban J connectivity index is 1.87. The van der Waals surface area contributed by atoms with Gasteiger partial charge in [0.1, 0.15) is 17.6 Å². The van der Waals surface area contributed by atoms with Gasteiger partial charge in [-0.15, -0.1) is 0 Å². The number of ether oxygens (including phenoxy) is 1. The fourth-order valence-corrected chi connectivity index (χ4v) is 5.38. The topological polar surface area (TPSA) is 96.0 Å². The van der Waals surface area contributed by atoms with Crippen molar-refractivity contribution in [1.29, 1.82) is 0 Å². The Labute approximate surface area is 235 Å². The summed E-state index contributed by atoms with van der Waals surface area (Å²) in [6.07, 6.45) is 1.48. The third kappa shape index (κ3) is 8.54. The van der Waals surface area contributed by atoms with E-state index in [0.717, 1.165) is 11.8 Å². The molecule has 0 bridgehead atoms. The molecule has 3 aromatic rings. The molecule has 0 aliphatic rings. The monoisotopic (exact) mass is 569 g/mol. The normalized spacial score (nSPS) is 11.9. The number of methoxy groups -OCH3 is 1. The summed E-state index contributed by atoms with van der Waals surface area (Å²) in [5.74, 6) is -0.695. The molecule has 10 heteroatoms. The molecule has 3 rings (SSSR count). The molecule has 0 aliphatic heterocycles. The second-order valence-electron chi connectivity index (χ2n) is 9.35. The number of hydrogen-bond donors (Lipinski definition) is 1. The third-order valence-corrected chi connectivity index (χ3v) is 7.61. The number of nitrogens with one attached hydrogen (secondary N) is 1. The molecular weight excluding hydrogens is 533 g/mol. The van der Waals surface area contributed by atoms with Crippen LogP contribution >= 0.6 is 0 Å². The van der Waals surface area contributed by atoms with Gasteiger partial charge >= 0.3 is 0 Å². The number of halogens is 1. The molecule has 0 radical (unpaired) electrons. The molecule has 214 valence electrons. The van der Waals surface area contributed by atoms with Crippen LogP contribution in [0.1, 0.15) is 30.9 Å². The molecule has 1 N–H and O–H groups in total. The van der Waals surface area contributed by atoms with Gasteiger partial charge in [0, 0.05) is 44.1 Å². The predicted molar refractivity (Wildman–Crippen MR) is 154 cm³/mol. The van der Waals surface area contributed by atoms with Gasteiger partial charge in [-0.2, -0.15) is 0 Å². The largest absolute Gasteiger partial charge is 0.497 e. The lowest BCUT2D eigenvalue weighted by Gasteiger charge is -2.32. The summed E-state index contributed by atoms with van der Waals surface area (Å²) in [6, 6.07) is 21.2. The summed E-state index contributed by atoms with van der Waals surface area (Å²) in [6.45, 7) is 2.09. The van der Waals surface area contributed by atoms with Gasteiger partial charge in [-0.3, -0.25) is 13.9 Å². The van der Waals surface area contributed by atoms with Gasteiger partial charge in [0.25, 0.3) is 0 Å². The molecule has 0 aromatic heterocycles. The Bertz CT molecular complexity index is 1380. The van der Waals surface area contributed by atoms with Crippen LogP contribution in [-0.4, -0.2) is 57.6 Å². The Morgan fingerprint density at radius 2 is 1.70 bits per heavy atom. The van der Waals surface area contributed by atoms with E-state index in [9.17, 15) is 22.4 Å². The fraction of sp³-hybridized carbons (Fsp3) is 0.333. The number of rotatable bonds is 14. The van der Waals surface area contributed by atoms with E-state index in [1.807, 2.05) is 30.3 Å². The van der Waals surface area contributed by atoms with Gasteiger partial charge in [-0.25, -0.2) is 12.8 Å². The SMILES string of the molecule is CCNC(=O)[C@@H](Cc1ccccc1)N(Cc1ccccc1F)C(=O)CCCN(c1cccc(OC)c1)S(C)(=O)=O. The highest BCUT2D eigenvalue weighted by molar-refractivity contribution is 7.92. The van der Waals surface area contributed by atoms with E-state index < -0.39 is 21.9 Å². The van der Waals surface area contributed by atoms with E-state index in [1.165, 1.54) is 22.4 Å². The lowest BCUT2D eigenvalue weighted by atomic mass is 10.0. The van der Waals surface area contributed by atoms with Crippen molar-refractivity contribution >= 4 is 27.5 Å². The highest BCUT2D eigenvalue weighted by Gasteiger charge is 2.31. The summed E-state index contributed by atoms with van der Waals surface area (Å²) < 4.78 is 46.3. The van der Waals surface area contributed by atoms with Crippen molar-refractivity contribution in [2.45, 2.75) is 38.8 Å². The molecule has 0 saturated carbocycles. The maximum atomic E-state index is 14.7.